The maximum absolute atomic E-state index is 13.7. The molecule has 0 saturated heterocycles. The van der Waals surface area contributed by atoms with Crippen molar-refractivity contribution in [2.24, 2.45) is 5.73 Å². The molecule has 6 heteroatoms. The highest BCUT2D eigenvalue weighted by Crippen LogP contribution is 2.36. The van der Waals surface area contributed by atoms with Gasteiger partial charge in [0.05, 0.1) is 19.2 Å². The van der Waals surface area contributed by atoms with E-state index in [0.717, 1.165) is 65.2 Å². The molecule has 1 fully saturated rings. The maximum atomic E-state index is 13.7. The van der Waals surface area contributed by atoms with Crippen LogP contribution in [0.5, 0.6) is 5.75 Å². The van der Waals surface area contributed by atoms with E-state index in [-0.39, 0.29) is 11.9 Å². The van der Waals surface area contributed by atoms with E-state index in [0.29, 0.717) is 19.0 Å². The number of hydrogen-bond acceptors (Lipinski definition) is 4. The van der Waals surface area contributed by atoms with E-state index in [9.17, 15) is 4.79 Å². The number of allylic oxidation sites excluding steroid dienone is 1. The summed E-state index contributed by atoms with van der Waals surface area (Å²) in [5.41, 5.74) is 11.7. The lowest BCUT2D eigenvalue weighted by Gasteiger charge is -2.35. The van der Waals surface area contributed by atoms with Crippen LogP contribution in [-0.4, -0.2) is 40.8 Å². The standard InChI is InChI=1S/C25H32N4O2/c1-16-12-22(17(2)28(16)15-18-6-4-5-7-24(18)31-3)25(30)29(20-8-9-20)21-10-11-23(27)19(13-21)14-26/h4-7,12,14,20-21,26H,8-11,13,15,27H2,1-3H3. The van der Waals surface area contributed by atoms with E-state index in [2.05, 4.69) is 22.5 Å². The molecule has 1 heterocycles. The van der Waals surface area contributed by atoms with Gasteiger partial charge in [0.2, 0.25) is 0 Å². The number of nitrogens with one attached hydrogen (secondary N) is 1. The predicted molar refractivity (Wildman–Crippen MR) is 123 cm³/mol. The van der Waals surface area contributed by atoms with Crippen LogP contribution in [0.15, 0.2) is 41.6 Å². The third-order valence-corrected chi connectivity index (χ3v) is 6.68. The summed E-state index contributed by atoms with van der Waals surface area (Å²) >= 11 is 0. The van der Waals surface area contributed by atoms with E-state index in [1.165, 1.54) is 6.21 Å². The van der Waals surface area contributed by atoms with Gasteiger partial charge in [0, 0.05) is 40.9 Å². The van der Waals surface area contributed by atoms with Crippen molar-refractivity contribution in [1.29, 1.82) is 5.41 Å². The van der Waals surface area contributed by atoms with Crippen molar-refractivity contribution in [2.45, 2.75) is 64.6 Å². The van der Waals surface area contributed by atoms with Gasteiger partial charge in [-0.15, -0.1) is 0 Å². The Kier molecular flexibility index (Phi) is 5.90. The number of benzene rings is 1. The van der Waals surface area contributed by atoms with Crippen molar-refractivity contribution in [3.63, 3.8) is 0 Å². The summed E-state index contributed by atoms with van der Waals surface area (Å²) < 4.78 is 7.71. The predicted octanol–water partition coefficient (Wildman–Crippen LogP) is 4.18. The van der Waals surface area contributed by atoms with Crippen LogP contribution < -0.4 is 10.5 Å². The number of nitrogens with zero attached hydrogens (tertiary/aromatic N) is 2. The fraction of sp³-hybridized carbons (Fsp3) is 0.440. The van der Waals surface area contributed by atoms with Crippen molar-refractivity contribution in [2.75, 3.05) is 7.11 Å². The molecular weight excluding hydrogens is 388 g/mol. The second kappa shape index (κ2) is 8.61. The van der Waals surface area contributed by atoms with Crippen molar-refractivity contribution in [3.05, 3.63) is 64.1 Å². The maximum Gasteiger partial charge on any atom is 0.256 e. The normalized spacial score (nSPS) is 18.7. The fourth-order valence-electron chi connectivity index (χ4n) is 4.75. The van der Waals surface area contributed by atoms with Gasteiger partial charge in [-0.05, 0) is 63.7 Å². The van der Waals surface area contributed by atoms with Crippen LogP contribution in [0.3, 0.4) is 0 Å². The molecular formula is C25H32N4O2. The van der Waals surface area contributed by atoms with Crippen molar-refractivity contribution >= 4 is 12.1 Å². The monoisotopic (exact) mass is 420 g/mol. The number of aryl methyl sites for hydroxylation is 1. The SMILES string of the molecule is COc1ccccc1Cn1c(C)cc(C(=O)N(C2CC2)C2CCC(N)=C(C=N)C2)c1C. The minimum absolute atomic E-state index is 0.108. The third kappa shape index (κ3) is 4.11. The Morgan fingerprint density at radius 2 is 2.00 bits per heavy atom. The summed E-state index contributed by atoms with van der Waals surface area (Å²) in [7, 11) is 1.69. The number of ether oxygens (including phenoxy) is 1. The number of nitrogens with two attached hydrogens (primary N) is 1. The molecule has 164 valence electrons. The lowest BCUT2D eigenvalue weighted by molar-refractivity contribution is 0.0644. The Hall–Kier alpha value is -3.02. The van der Waals surface area contributed by atoms with Gasteiger partial charge in [-0.1, -0.05) is 18.2 Å². The second-order valence-corrected chi connectivity index (χ2v) is 8.72. The first-order valence-electron chi connectivity index (χ1n) is 11.0. The van der Waals surface area contributed by atoms with Crippen LogP contribution in [-0.2, 0) is 6.54 Å². The number of carbonyl (C=O) groups excluding carboxylic acids is 1. The van der Waals surface area contributed by atoms with Crippen LogP contribution in [0.4, 0.5) is 0 Å². The number of methoxy groups -OCH3 is 1. The molecule has 2 aromatic rings. The molecule has 4 rings (SSSR count). The molecule has 1 aromatic heterocycles. The molecule has 1 aromatic carbocycles. The number of hydrogen-bond donors (Lipinski definition) is 2. The minimum Gasteiger partial charge on any atom is -0.496 e. The lowest BCUT2D eigenvalue weighted by atomic mass is 9.91. The van der Waals surface area contributed by atoms with Crippen LogP contribution in [0, 0.1) is 19.3 Å². The summed E-state index contributed by atoms with van der Waals surface area (Å²) in [6, 6.07) is 10.4. The molecule has 1 saturated carbocycles. The van der Waals surface area contributed by atoms with Crippen LogP contribution >= 0.6 is 0 Å². The number of carbonyl (C=O) groups is 1. The molecule has 0 spiro atoms. The van der Waals surface area contributed by atoms with Gasteiger partial charge in [-0.25, -0.2) is 0 Å². The Balaban J connectivity index is 1.62. The van der Waals surface area contributed by atoms with E-state index < -0.39 is 0 Å². The minimum atomic E-state index is 0.108. The molecule has 2 aliphatic carbocycles. The zero-order chi connectivity index (χ0) is 22.1. The number of para-hydroxylation sites is 1. The summed E-state index contributed by atoms with van der Waals surface area (Å²) in [5, 5.41) is 7.68. The molecule has 1 atom stereocenters. The molecule has 31 heavy (non-hydrogen) atoms. The Morgan fingerprint density at radius 1 is 1.26 bits per heavy atom. The first-order valence-corrected chi connectivity index (χ1v) is 11.0. The smallest absolute Gasteiger partial charge is 0.256 e. The van der Waals surface area contributed by atoms with Gasteiger partial charge in [0.25, 0.3) is 5.91 Å². The quantitative estimate of drug-likeness (QED) is 0.659. The van der Waals surface area contributed by atoms with Gasteiger partial charge in [-0.2, -0.15) is 0 Å². The highest BCUT2D eigenvalue weighted by molar-refractivity contribution is 5.96. The van der Waals surface area contributed by atoms with Gasteiger partial charge in [0.1, 0.15) is 5.75 Å². The summed E-state index contributed by atoms with van der Waals surface area (Å²) in [4.78, 5) is 15.8. The summed E-state index contributed by atoms with van der Waals surface area (Å²) in [6.07, 6.45) is 5.76. The highest BCUT2D eigenvalue weighted by Gasteiger charge is 2.39. The molecule has 0 bridgehead atoms. The van der Waals surface area contributed by atoms with Gasteiger partial charge >= 0.3 is 0 Å². The van der Waals surface area contributed by atoms with Crippen molar-refractivity contribution in [3.8, 4) is 5.75 Å². The van der Waals surface area contributed by atoms with E-state index in [1.807, 2.05) is 31.2 Å². The third-order valence-electron chi connectivity index (χ3n) is 6.68. The van der Waals surface area contributed by atoms with Gasteiger partial charge in [0.15, 0.2) is 0 Å². The second-order valence-electron chi connectivity index (χ2n) is 8.72. The first-order chi connectivity index (χ1) is 14.9. The summed E-state index contributed by atoms with van der Waals surface area (Å²) in [6.45, 7) is 4.75. The Labute approximate surface area is 184 Å². The number of aromatic nitrogens is 1. The Bertz CT molecular complexity index is 1030. The first kappa shape index (κ1) is 21.2. The number of amides is 1. The van der Waals surface area contributed by atoms with E-state index in [1.54, 1.807) is 7.11 Å². The molecule has 3 N–H and O–H groups in total. The molecule has 2 aliphatic rings. The highest BCUT2D eigenvalue weighted by atomic mass is 16.5. The molecule has 0 radical (unpaired) electrons. The molecule has 6 nitrogen and oxygen atoms in total. The number of rotatable bonds is 7. The zero-order valence-electron chi connectivity index (χ0n) is 18.6. The van der Waals surface area contributed by atoms with E-state index in [4.69, 9.17) is 15.9 Å². The van der Waals surface area contributed by atoms with E-state index >= 15 is 0 Å². The molecule has 1 amide bonds. The Morgan fingerprint density at radius 3 is 2.68 bits per heavy atom. The van der Waals surface area contributed by atoms with Gasteiger partial charge in [-0.3, -0.25) is 4.79 Å². The van der Waals surface area contributed by atoms with Crippen molar-refractivity contribution in [1.82, 2.24) is 9.47 Å². The largest absolute Gasteiger partial charge is 0.496 e. The molecule has 0 aliphatic heterocycles. The fourth-order valence-corrected chi connectivity index (χ4v) is 4.75. The topological polar surface area (TPSA) is 84.3 Å². The zero-order valence-corrected chi connectivity index (χ0v) is 18.6. The van der Waals surface area contributed by atoms with Crippen LogP contribution in [0.1, 0.15) is 59.4 Å². The van der Waals surface area contributed by atoms with Crippen molar-refractivity contribution < 1.29 is 9.53 Å². The van der Waals surface area contributed by atoms with Gasteiger partial charge < -0.3 is 25.3 Å². The lowest BCUT2D eigenvalue weighted by Crippen LogP contribution is -2.44. The molecule has 1 unspecified atom stereocenters. The average Bonchev–Trinajstić information content (AvgIpc) is 3.57. The van der Waals surface area contributed by atoms with Crippen LogP contribution in [0.2, 0.25) is 0 Å². The average molecular weight is 421 g/mol. The summed E-state index contributed by atoms with van der Waals surface area (Å²) in [5.74, 6) is 0.963. The van der Waals surface area contributed by atoms with Crippen LogP contribution in [0.25, 0.3) is 0 Å².